The van der Waals surface area contributed by atoms with Crippen molar-refractivity contribution in [2.24, 2.45) is 4.99 Å². The van der Waals surface area contributed by atoms with Gasteiger partial charge in [0.2, 0.25) is 0 Å². The molecule has 1 aromatic carbocycles. The Kier molecular flexibility index (Phi) is 5.98. The first-order valence-corrected chi connectivity index (χ1v) is 7.33. The fourth-order valence-corrected chi connectivity index (χ4v) is 2.46. The van der Waals surface area contributed by atoms with Gasteiger partial charge in [-0.25, -0.2) is 8.78 Å². The molecule has 9 heteroatoms. The summed E-state index contributed by atoms with van der Waals surface area (Å²) in [6.07, 6.45) is -7.55. The second-order valence-electron chi connectivity index (χ2n) is 5.25. The van der Waals surface area contributed by atoms with Crippen molar-refractivity contribution in [3.63, 3.8) is 0 Å². The minimum Gasteiger partial charge on any atom is -0.370 e. The maximum Gasteiger partial charge on any atom is 0.416 e. The molecule has 1 N–H and O–H groups in total. The summed E-state index contributed by atoms with van der Waals surface area (Å²) < 4.78 is 68.7. The predicted octanol–water partition coefficient (Wildman–Crippen LogP) is 2.92. The van der Waals surface area contributed by atoms with E-state index in [9.17, 15) is 22.0 Å². The lowest BCUT2D eigenvalue weighted by Gasteiger charge is -2.35. The van der Waals surface area contributed by atoms with Gasteiger partial charge in [0.1, 0.15) is 6.10 Å². The number of benzene rings is 1. The van der Waals surface area contributed by atoms with Crippen molar-refractivity contribution in [2.75, 3.05) is 33.3 Å². The zero-order valence-electron chi connectivity index (χ0n) is 13.0. The van der Waals surface area contributed by atoms with Crippen LogP contribution >= 0.6 is 0 Å². The number of ether oxygens (including phenoxy) is 1. The molecule has 1 heterocycles. The summed E-state index contributed by atoms with van der Waals surface area (Å²) in [7, 11) is 1.46. The zero-order chi connectivity index (χ0) is 17.7. The fraction of sp³-hybridized carbons (Fsp3) is 0.533. The summed E-state index contributed by atoms with van der Waals surface area (Å²) in [5.74, 6) is 0.274. The average Bonchev–Trinajstić information content (AvgIpc) is 2.55. The molecule has 0 bridgehead atoms. The van der Waals surface area contributed by atoms with Crippen LogP contribution in [0.25, 0.3) is 0 Å². The van der Waals surface area contributed by atoms with Gasteiger partial charge in [-0.15, -0.1) is 0 Å². The SMILES string of the molecule is CN=C(NCC(F)F)N1CCOC(c2cccc(C(F)(F)F)c2)C1. The molecule has 1 atom stereocenters. The topological polar surface area (TPSA) is 36.9 Å². The van der Waals surface area contributed by atoms with Crippen LogP contribution in [0.4, 0.5) is 22.0 Å². The Morgan fingerprint density at radius 3 is 2.79 bits per heavy atom. The van der Waals surface area contributed by atoms with E-state index in [-0.39, 0.29) is 19.1 Å². The maximum absolute atomic E-state index is 12.8. The standard InChI is InChI=1S/C15H18F5N3O/c1-21-14(22-8-13(16)17)23-5-6-24-12(9-23)10-3-2-4-11(7-10)15(18,19)20/h2-4,7,12-13H,5-6,8-9H2,1H3,(H,21,22). The lowest BCUT2D eigenvalue weighted by atomic mass is 10.0. The lowest BCUT2D eigenvalue weighted by molar-refractivity contribution is -0.137. The van der Waals surface area contributed by atoms with Gasteiger partial charge in [0.15, 0.2) is 5.96 Å². The van der Waals surface area contributed by atoms with Gasteiger partial charge in [0, 0.05) is 13.6 Å². The Morgan fingerprint density at radius 1 is 1.42 bits per heavy atom. The van der Waals surface area contributed by atoms with Crippen LogP contribution in [0.15, 0.2) is 29.3 Å². The monoisotopic (exact) mass is 351 g/mol. The fourth-order valence-electron chi connectivity index (χ4n) is 2.46. The summed E-state index contributed by atoms with van der Waals surface area (Å²) in [5, 5.41) is 2.54. The lowest BCUT2D eigenvalue weighted by Crippen LogP contribution is -2.49. The Balaban J connectivity index is 2.10. The van der Waals surface area contributed by atoms with Crippen LogP contribution in [0.2, 0.25) is 0 Å². The first kappa shape index (κ1) is 18.4. The molecule has 0 radical (unpaired) electrons. The molecule has 1 fully saturated rings. The van der Waals surface area contributed by atoms with Crippen LogP contribution < -0.4 is 5.32 Å². The van der Waals surface area contributed by atoms with E-state index >= 15 is 0 Å². The van der Waals surface area contributed by atoms with E-state index in [1.807, 2.05) is 0 Å². The zero-order valence-corrected chi connectivity index (χ0v) is 13.0. The maximum atomic E-state index is 12.8. The third kappa shape index (κ3) is 4.80. The minimum atomic E-state index is -4.43. The largest absolute Gasteiger partial charge is 0.416 e. The molecule has 134 valence electrons. The molecule has 4 nitrogen and oxygen atoms in total. The van der Waals surface area contributed by atoms with E-state index in [2.05, 4.69) is 10.3 Å². The van der Waals surface area contributed by atoms with Gasteiger partial charge in [-0.3, -0.25) is 4.99 Å². The molecular weight excluding hydrogens is 333 g/mol. The third-order valence-electron chi connectivity index (χ3n) is 3.58. The summed E-state index contributed by atoms with van der Waals surface area (Å²) in [6, 6.07) is 4.92. The number of hydrogen-bond acceptors (Lipinski definition) is 2. The highest BCUT2D eigenvalue weighted by Crippen LogP contribution is 2.32. The Morgan fingerprint density at radius 2 is 2.17 bits per heavy atom. The predicted molar refractivity (Wildman–Crippen MR) is 79.1 cm³/mol. The molecule has 0 saturated carbocycles. The molecule has 0 amide bonds. The van der Waals surface area contributed by atoms with E-state index in [1.165, 1.54) is 13.1 Å². The number of rotatable bonds is 3. The molecular formula is C15H18F5N3O. The normalized spacial score (nSPS) is 19.7. The molecule has 1 saturated heterocycles. The van der Waals surface area contributed by atoms with Crippen LogP contribution in [0.3, 0.4) is 0 Å². The number of morpholine rings is 1. The van der Waals surface area contributed by atoms with Crippen molar-refractivity contribution in [3.8, 4) is 0 Å². The van der Waals surface area contributed by atoms with Gasteiger partial charge in [-0.2, -0.15) is 13.2 Å². The van der Waals surface area contributed by atoms with Gasteiger partial charge in [0.25, 0.3) is 6.43 Å². The number of nitrogens with one attached hydrogen (secondary N) is 1. The molecule has 0 aromatic heterocycles. The first-order valence-electron chi connectivity index (χ1n) is 7.33. The Labute approximate surface area is 136 Å². The van der Waals surface area contributed by atoms with Crippen molar-refractivity contribution in [1.82, 2.24) is 10.2 Å². The van der Waals surface area contributed by atoms with Crippen LogP contribution in [0.5, 0.6) is 0 Å². The molecule has 24 heavy (non-hydrogen) atoms. The number of guanidine groups is 1. The molecule has 0 spiro atoms. The van der Waals surface area contributed by atoms with E-state index in [0.717, 1.165) is 12.1 Å². The summed E-state index contributed by atoms with van der Waals surface area (Å²) in [5.41, 5.74) is -0.361. The summed E-state index contributed by atoms with van der Waals surface area (Å²) >= 11 is 0. The second-order valence-corrected chi connectivity index (χ2v) is 5.25. The van der Waals surface area contributed by atoms with Crippen LogP contribution in [0, 0.1) is 0 Å². The summed E-state index contributed by atoms with van der Waals surface area (Å²) in [4.78, 5) is 5.62. The molecule has 0 aliphatic carbocycles. The van der Waals surface area contributed by atoms with Gasteiger partial charge in [-0.1, -0.05) is 12.1 Å². The number of hydrogen-bond donors (Lipinski definition) is 1. The molecule has 1 aromatic rings. The van der Waals surface area contributed by atoms with Crippen molar-refractivity contribution in [3.05, 3.63) is 35.4 Å². The van der Waals surface area contributed by atoms with Crippen LogP contribution in [-0.4, -0.2) is 50.6 Å². The highest BCUT2D eigenvalue weighted by molar-refractivity contribution is 5.80. The van der Waals surface area contributed by atoms with Gasteiger partial charge >= 0.3 is 6.18 Å². The van der Waals surface area contributed by atoms with E-state index in [0.29, 0.717) is 12.1 Å². The molecule has 2 rings (SSSR count). The summed E-state index contributed by atoms with van der Waals surface area (Å²) in [6.45, 7) is 0.358. The minimum absolute atomic E-state index is 0.226. The number of halogens is 5. The molecule has 1 aliphatic rings. The Hall–Kier alpha value is -1.90. The van der Waals surface area contributed by atoms with Crippen molar-refractivity contribution in [2.45, 2.75) is 18.7 Å². The molecule has 1 aliphatic heterocycles. The van der Waals surface area contributed by atoms with Gasteiger partial charge in [0.05, 0.1) is 25.3 Å². The number of nitrogens with zero attached hydrogens (tertiary/aromatic N) is 2. The van der Waals surface area contributed by atoms with Gasteiger partial charge < -0.3 is 15.0 Å². The third-order valence-corrected chi connectivity index (χ3v) is 3.58. The van der Waals surface area contributed by atoms with E-state index in [4.69, 9.17) is 4.74 Å². The first-order chi connectivity index (χ1) is 11.3. The van der Waals surface area contributed by atoms with Crippen molar-refractivity contribution >= 4 is 5.96 Å². The highest BCUT2D eigenvalue weighted by Gasteiger charge is 2.32. The Bertz CT molecular complexity index is 576. The van der Waals surface area contributed by atoms with Crippen molar-refractivity contribution in [1.29, 1.82) is 0 Å². The van der Waals surface area contributed by atoms with Crippen LogP contribution in [-0.2, 0) is 10.9 Å². The second kappa shape index (κ2) is 7.78. The smallest absolute Gasteiger partial charge is 0.370 e. The quantitative estimate of drug-likeness (QED) is 0.517. The van der Waals surface area contributed by atoms with Gasteiger partial charge in [-0.05, 0) is 17.7 Å². The van der Waals surface area contributed by atoms with Crippen molar-refractivity contribution < 1.29 is 26.7 Å². The number of aliphatic imine (C=N–C) groups is 1. The molecule has 1 unspecified atom stereocenters. The van der Waals surface area contributed by atoms with E-state index in [1.54, 1.807) is 11.0 Å². The van der Waals surface area contributed by atoms with Crippen LogP contribution in [0.1, 0.15) is 17.2 Å². The highest BCUT2D eigenvalue weighted by atomic mass is 19.4. The average molecular weight is 351 g/mol. The van der Waals surface area contributed by atoms with E-state index < -0.39 is 30.8 Å². The number of alkyl halides is 5.